The van der Waals surface area contributed by atoms with Crippen LogP contribution < -0.4 is 10.2 Å². The van der Waals surface area contributed by atoms with Crippen LogP contribution in [0.4, 0.5) is 11.4 Å². The van der Waals surface area contributed by atoms with Crippen LogP contribution in [0.1, 0.15) is 5.76 Å². The first-order valence-electron chi connectivity index (χ1n) is 5.40. The zero-order chi connectivity index (χ0) is 12.3. The molecule has 1 aromatic carbocycles. The third-order valence-corrected chi connectivity index (χ3v) is 3.06. The van der Waals surface area contributed by atoms with Gasteiger partial charge in [0.25, 0.3) is 0 Å². The van der Waals surface area contributed by atoms with Crippen LogP contribution in [-0.2, 0) is 6.54 Å². The Labute approximate surface area is 115 Å². The molecule has 3 nitrogen and oxygen atoms in total. The van der Waals surface area contributed by atoms with E-state index in [1.807, 2.05) is 26.2 Å². The number of rotatable bonds is 4. The highest BCUT2D eigenvalue weighted by molar-refractivity contribution is 14.1. The van der Waals surface area contributed by atoms with E-state index in [4.69, 9.17) is 4.42 Å². The molecule has 0 spiro atoms. The van der Waals surface area contributed by atoms with Crippen LogP contribution in [-0.4, -0.2) is 14.1 Å². The van der Waals surface area contributed by atoms with Gasteiger partial charge in [-0.1, -0.05) is 0 Å². The predicted molar refractivity (Wildman–Crippen MR) is 79.5 cm³/mol. The van der Waals surface area contributed by atoms with Crippen LogP contribution in [0.3, 0.4) is 0 Å². The van der Waals surface area contributed by atoms with Gasteiger partial charge in [-0.15, -0.1) is 0 Å². The molecular formula is C13H15IN2O. The van der Waals surface area contributed by atoms with Crippen LogP contribution in [0.15, 0.2) is 40.8 Å². The van der Waals surface area contributed by atoms with E-state index < -0.39 is 0 Å². The minimum absolute atomic E-state index is 0.713. The molecule has 0 fully saturated rings. The molecule has 0 aliphatic heterocycles. The van der Waals surface area contributed by atoms with E-state index in [1.54, 1.807) is 0 Å². The van der Waals surface area contributed by atoms with Crippen molar-refractivity contribution in [3.8, 4) is 0 Å². The Morgan fingerprint density at radius 3 is 2.35 bits per heavy atom. The Balaban J connectivity index is 1.95. The third-order valence-electron chi connectivity index (χ3n) is 2.48. The first-order valence-corrected chi connectivity index (χ1v) is 6.48. The van der Waals surface area contributed by atoms with Crippen LogP contribution >= 0.6 is 22.6 Å². The molecule has 0 amide bonds. The standard InChI is InChI=1S/C13H15IN2O/c1-16(2)11-5-3-10(4-6-11)15-9-12-7-8-13(14)17-12/h3-8,15H,9H2,1-2H3. The minimum atomic E-state index is 0.713. The molecule has 4 heteroatoms. The summed E-state index contributed by atoms with van der Waals surface area (Å²) in [5.74, 6) is 0.950. The largest absolute Gasteiger partial charge is 0.454 e. The van der Waals surface area contributed by atoms with Crippen molar-refractivity contribution in [2.45, 2.75) is 6.54 Å². The fraction of sp³-hybridized carbons (Fsp3) is 0.231. The van der Waals surface area contributed by atoms with E-state index in [1.165, 1.54) is 5.69 Å². The summed E-state index contributed by atoms with van der Waals surface area (Å²) in [5.41, 5.74) is 2.30. The predicted octanol–water partition coefficient (Wildman–Crippen LogP) is 3.56. The molecule has 2 aromatic rings. The molecule has 0 aliphatic rings. The second-order valence-corrected chi connectivity index (χ2v) is 5.06. The first kappa shape index (κ1) is 12.3. The number of nitrogens with one attached hydrogen (secondary N) is 1. The first-order chi connectivity index (χ1) is 8.15. The Morgan fingerprint density at radius 1 is 1.12 bits per heavy atom. The molecule has 0 unspecified atom stereocenters. The van der Waals surface area contributed by atoms with Crippen molar-refractivity contribution in [2.24, 2.45) is 0 Å². The summed E-state index contributed by atoms with van der Waals surface area (Å²) in [4.78, 5) is 2.08. The van der Waals surface area contributed by atoms with Crippen LogP contribution in [0.2, 0.25) is 0 Å². The van der Waals surface area contributed by atoms with Crippen LogP contribution in [0, 0.1) is 3.77 Å². The number of benzene rings is 1. The molecule has 1 N–H and O–H groups in total. The SMILES string of the molecule is CN(C)c1ccc(NCc2ccc(I)o2)cc1. The molecule has 0 bridgehead atoms. The summed E-state index contributed by atoms with van der Waals surface area (Å²) in [7, 11) is 4.07. The van der Waals surface area contributed by atoms with Gasteiger partial charge < -0.3 is 14.6 Å². The molecule has 1 heterocycles. The fourth-order valence-electron chi connectivity index (χ4n) is 1.51. The van der Waals surface area contributed by atoms with Crippen molar-refractivity contribution < 1.29 is 4.42 Å². The lowest BCUT2D eigenvalue weighted by atomic mass is 10.2. The second-order valence-electron chi connectivity index (χ2n) is 4.00. The van der Waals surface area contributed by atoms with Crippen molar-refractivity contribution in [1.82, 2.24) is 0 Å². The van der Waals surface area contributed by atoms with Gasteiger partial charge in [0.1, 0.15) is 5.76 Å². The van der Waals surface area contributed by atoms with Gasteiger partial charge in [0, 0.05) is 25.5 Å². The summed E-state index contributed by atoms with van der Waals surface area (Å²) in [6.07, 6.45) is 0. The monoisotopic (exact) mass is 342 g/mol. The number of halogens is 1. The highest BCUT2D eigenvalue weighted by atomic mass is 127. The number of nitrogens with zero attached hydrogens (tertiary/aromatic N) is 1. The fourth-order valence-corrected chi connectivity index (χ4v) is 1.98. The maximum atomic E-state index is 5.48. The van der Waals surface area contributed by atoms with Gasteiger partial charge in [-0.05, 0) is 59.0 Å². The molecule has 1 aromatic heterocycles. The minimum Gasteiger partial charge on any atom is -0.454 e. The van der Waals surface area contributed by atoms with Crippen LogP contribution in [0.25, 0.3) is 0 Å². The number of anilines is 2. The smallest absolute Gasteiger partial charge is 0.164 e. The zero-order valence-corrected chi connectivity index (χ0v) is 12.1. The summed E-state index contributed by atoms with van der Waals surface area (Å²) in [6, 6.07) is 12.3. The van der Waals surface area contributed by atoms with E-state index in [9.17, 15) is 0 Å². The highest BCUT2D eigenvalue weighted by Gasteiger charge is 2.00. The average Bonchev–Trinajstić information content (AvgIpc) is 2.73. The number of furan rings is 1. The lowest BCUT2D eigenvalue weighted by Gasteiger charge is -2.13. The summed E-state index contributed by atoms with van der Waals surface area (Å²) in [5, 5.41) is 3.32. The molecule has 90 valence electrons. The van der Waals surface area contributed by atoms with E-state index in [0.717, 1.165) is 15.2 Å². The number of hydrogen-bond donors (Lipinski definition) is 1. The van der Waals surface area contributed by atoms with E-state index in [2.05, 4.69) is 57.1 Å². The van der Waals surface area contributed by atoms with Gasteiger partial charge in [-0.3, -0.25) is 0 Å². The van der Waals surface area contributed by atoms with E-state index in [0.29, 0.717) is 6.54 Å². The average molecular weight is 342 g/mol. The molecule has 0 saturated carbocycles. The maximum absolute atomic E-state index is 5.48. The van der Waals surface area contributed by atoms with Gasteiger partial charge in [-0.2, -0.15) is 0 Å². The van der Waals surface area contributed by atoms with Gasteiger partial charge in [-0.25, -0.2) is 0 Å². The van der Waals surface area contributed by atoms with Crippen molar-refractivity contribution >= 4 is 34.0 Å². The summed E-state index contributed by atoms with van der Waals surface area (Å²) in [6.45, 7) is 0.713. The summed E-state index contributed by atoms with van der Waals surface area (Å²) >= 11 is 2.17. The third kappa shape index (κ3) is 3.39. The molecule has 2 rings (SSSR count). The Hall–Kier alpha value is -1.17. The zero-order valence-electron chi connectivity index (χ0n) is 9.90. The van der Waals surface area contributed by atoms with Gasteiger partial charge in [0.15, 0.2) is 3.77 Å². The number of hydrogen-bond acceptors (Lipinski definition) is 3. The van der Waals surface area contributed by atoms with Crippen molar-refractivity contribution in [2.75, 3.05) is 24.3 Å². The maximum Gasteiger partial charge on any atom is 0.164 e. The van der Waals surface area contributed by atoms with Crippen molar-refractivity contribution in [3.63, 3.8) is 0 Å². The topological polar surface area (TPSA) is 28.4 Å². The molecule has 0 radical (unpaired) electrons. The Bertz CT molecular complexity index is 476. The lowest BCUT2D eigenvalue weighted by Crippen LogP contribution is -2.08. The summed E-state index contributed by atoms with van der Waals surface area (Å²) < 4.78 is 6.40. The van der Waals surface area contributed by atoms with E-state index >= 15 is 0 Å². The quantitative estimate of drug-likeness (QED) is 0.862. The lowest BCUT2D eigenvalue weighted by molar-refractivity contribution is 0.493. The second kappa shape index (κ2) is 5.44. The Kier molecular flexibility index (Phi) is 3.93. The highest BCUT2D eigenvalue weighted by Crippen LogP contribution is 2.17. The van der Waals surface area contributed by atoms with Gasteiger partial charge in [0.05, 0.1) is 6.54 Å². The van der Waals surface area contributed by atoms with E-state index in [-0.39, 0.29) is 0 Å². The Morgan fingerprint density at radius 2 is 1.82 bits per heavy atom. The van der Waals surface area contributed by atoms with Gasteiger partial charge in [0.2, 0.25) is 0 Å². The molecule has 17 heavy (non-hydrogen) atoms. The molecular weight excluding hydrogens is 327 g/mol. The normalized spacial score (nSPS) is 10.3. The molecule has 0 aliphatic carbocycles. The molecule has 0 saturated heterocycles. The van der Waals surface area contributed by atoms with Crippen LogP contribution in [0.5, 0.6) is 0 Å². The van der Waals surface area contributed by atoms with Crippen molar-refractivity contribution in [1.29, 1.82) is 0 Å². The molecule has 0 atom stereocenters. The van der Waals surface area contributed by atoms with Gasteiger partial charge >= 0.3 is 0 Å². The van der Waals surface area contributed by atoms with Crippen molar-refractivity contribution in [3.05, 3.63) is 45.9 Å².